The fraction of sp³-hybridized carbons (Fsp3) is 0.644. The number of carbonyl (C=O) groups is 7. The van der Waals surface area contributed by atoms with Gasteiger partial charge in [-0.2, -0.15) is 0 Å². The summed E-state index contributed by atoms with van der Waals surface area (Å²) < 4.78 is 202. The molecule has 0 spiro atoms. The van der Waals surface area contributed by atoms with Crippen LogP contribution in [0.25, 0.3) is 0 Å². The molecule has 0 unspecified atom stereocenters. The molecule has 0 saturated carbocycles. The Morgan fingerprint density at radius 2 is 0.917 bits per heavy atom. The standard InChI is InChI=1S/C104H152N2O35SSi3/c1-60(2)144(61(3)4,62(5)6)125-58-77-84(112)90(136-100-96(141-143(23,24)103(18,19)20)93-88(137-102(115)138-93)81(133-100)59-126-145(63(7)8,64(9)10)65(11)12)83(106-142(116,117)75-48-38-29-39-49-75)97(130-77)134-89-79(56-121-52-72-42-32-26-33-43-72)132-99(135-87-78(55-120-51-71-40-30-25-31-41-71)131-98(118-21)85(113)92(87)123-53-73-44-34-27-35-45-73)95(124-54-74-46-36-28-37-47-74)94(89)140-104(101(114)119-22)50-76(127-68(15)109)82(105-66(13)107)91(139-104)86(129-70(17)111)80(128-69(16)110)57-122-67(14)108/h25-49,60-65,76-100,106,112-113H,50-59H2,1-24H3,(H,105,107)/t76-,77+,78+,79+,80+,81+,82+,83+,84-,85+,86-,87+,88-,89-,90+,91+,92+,93-,94-,95+,96+,97-,98+,99-,100-,104-/m0/s1. The molecule has 0 aliphatic carbocycles. The molecule has 5 aromatic rings. The number of ether oxygens (including phenoxy) is 21. The van der Waals surface area contributed by atoms with E-state index in [1.54, 1.807) is 78.9 Å². The third-order valence-electron chi connectivity index (χ3n) is 28.2. The van der Waals surface area contributed by atoms with Crippen LogP contribution < -0.4 is 10.0 Å². The van der Waals surface area contributed by atoms with Crippen LogP contribution in [0.1, 0.15) is 167 Å². The first-order valence-corrected chi connectivity index (χ1v) is 58.5. The summed E-state index contributed by atoms with van der Waals surface area (Å²) in [6, 6.07) is 39.3. The van der Waals surface area contributed by atoms with E-state index in [4.69, 9.17) is 113 Å². The van der Waals surface area contributed by atoms with E-state index in [0.29, 0.717) is 16.7 Å². The van der Waals surface area contributed by atoms with Crippen molar-refractivity contribution in [2.24, 2.45) is 0 Å². The molecule has 6 saturated heterocycles. The highest BCUT2D eigenvalue weighted by Crippen LogP contribution is 2.50. The molecule has 41 heteroatoms. The molecule has 0 aromatic heterocycles. The Kier molecular flexibility index (Phi) is 42.2. The van der Waals surface area contributed by atoms with Crippen molar-refractivity contribution in [3.63, 3.8) is 0 Å². The molecule has 1 amide bonds. The zero-order chi connectivity index (χ0) is 106. The molecule has 0 bridgehead atoms. The number of esters is 5. The SMILES string of the molecule is COC(=O)[C@@]1(O[C@H]2[C@@H](O[C@@H]3O[C@H](CO[Si](C(C)C)(C(C)C)C(C)C)[C@H](O)[C@H](O[C@@H]4O[C@H](CO[Si](C(C)C)(C(C)C)C(C)C)[C@@H]5OC(=O)O[C@@H]5[C@H]4O[Si](C)(C)C(C)(C)C)[C@H]3NS(=O)(=O)c3ccccc3)[C@@H](COCc3ccccc3)O[C@@H](O[C@H]3[C@H](OCc4ccccc4)[C@@H](O)[C@H](OC)O[C@@H]3COCc3ccccc3)[C@@H]2OCc2ccccc2)C[C@H](OC(C)=O)[C@@H](NC(C)=O)[C@H]([C@@H](OC(C)=O)[C@@H](COC(C)=O)OC(C)=O)O1. The van der Waals surface area contributed by atoms with Crippen LogP contribution in [0, 0.1) is 0 Å². The lowest BCUT2D eigenvalue weighted by Crippen LogP contribution is -2.73. The molecule has 11 rings (SSSR count). The average Bonchev–Trinajstić information content (AvgIpc) is 1.45. The number of aliphatic hydroxyl groups is 2. The number of nitrogens with one attached hydrogen (secondary N) is 2. The Hall–Kier alpha value is -8.01. The van der Waals surface area contributed by atoms with E-state index < -0.39 is 274 Å². The molecule has 37 nitrogen and oxygen atoms in total. The van der Waals surface area contributed by atoms with Gasteiger partial charge in [-0.15, -0.1) is 0 Å². The predicted octanol–water partition coefficient (Wildman–Crippen LogP) is 12.9. The summed E-state index contributed by atoms with van der Waals surface area (Å²) in [5.74, 6) is -9.70. The lowest BCUT2D eigenvalue weighted by atomic mass is 9.87. The van der Waals surface area contributed by atoms with Crippen molar-refractivity contribution in [3.05, 3.63) is 174 Å². The molecular weight excluding hydrogens is 1950 g/mol. The zero-order valence-corrected chi connectivity index (χ0v) is 91.5. The minimum Gasteiger partial charge on any atom is -0.465 e. The summed E-state index contributed by atoms with van der Waals surface area (Å²) in [5.41, 5.74) is 2.20. The van der Waals surface area contributed by atoms with Crippen LogP contribution in [0.2, 0.25) is 51.4 Å². The van der Waals surface area contributed by atoms with Gasteiger partial charge in [0.15, 0.2) is 74.5 Å². The summed E-state index contributed by atoms with van der Waals surface area (Å²) in [5, 5.41) is 29.4. The van der Waals surface area contributed by atoms with Crippen LogP contribution in [0.5, 0.6) is 0 Å². The van der Waals surface area contributed by atoms with Crippen molar-refractivity contribution < 1.29 is 165 Å². The lowest BCUT2D eigenvalue weighted by molar-refractivity contribution is -0.408. The highest BCUT2D eigenvalue weighted by Gasteiger charge is 2.67. The minimum atomic E-state index is -5.04. The van der Waals surface area contributed by atoms with E-state index in [0.717, 1.165) is 47.3 Å². The molecule has 0 radical (unpaired) electrons. The van der Waals surface area contributed by atoms with Gasteiger partial charge >= 0.3 is 36.0 Å². The zero-order valence-electron chi connectivity index (χ0n) is 87.7. The minimum absolute atomic E-state index is 0.00764. The number of benzene rings is 5. The van der Waals surface area contributed by atoms with Gasteiger partial charge in [-0.1, -0.05) is 243 Å². The van der Waals surface area contributed by atoms with Crippen molar-refractivity contribution in [1.82, 2.24) is 10.0 Å². The Labute approximate surface area is 854 Å². The number of rotatable bonds is 49. The third kappa shape index (κ3) is 29.2. The van der Waals surface area contributed by atoms with Crippen molar-refractivity contribution in [2.45, 2.75) is 387 Å². The van der Waals surface area contributed by atoms with Gasteiger partial charge in [-0.05, 0) is 85.8 Å². The lowest BCUT2D eigenvalue weighted by Gasteiger charge is -2.54. The molecule has 6 heterocycles. The van der Waals surface area contributed by atoms with E-state index in [1.165, 1.54) is 31.4 Å². The first-order valence-electron chi connectivity index (χ1n) is 49.9. The Balaban J connectivity index is 1.24. The second kappa shape index (κ2) is 52.1. The van der Waals surface area contributed by atoms with Crippen molar-refractivity contribution in [3.8, 4) is 0 Å². The largest absolute Gasteiger partial charge is 0.509 e. The number of methoxy groups -OCH3 is 2. The topological polar surface area (TPSA) is 440 Å². The predicted molar refractivity (Wildman–Crippen MR) is 532 cm³/mol. The van der Waals surface area contributed by atoms with Gasteiger partial charge < -0.3 is 128 Å². The van der Waals surface area contributed by atoms with E-state index >= 15 is 13.2 Å². The van der Waals surface area contributed by atoms with Gasteiger partial charge in [0.1, 0.15) is 104 Å². The normalized spacial score (nSPS) is 29.0. The number of fused-ring (bicyclic) bond motifs is 1. The van der Waals surface area contributed by atoms with Gasteiger partial charge in [0.05, 0.1) is 77.3 Å². The van der Waals surface area contributed by atoms with E-state index in [2.05, 4.69) is 93.1 Å². The summed E-state index contributed by atoms with van der Waals surface area (Å²) >= 11 is 0. The van der Waals surface area contributed by atoms with Crippen LogP contribution in [0.4, 0.5) is 4.79 Å². The second-order valence-corrected chi connectivity index (χ2v) is 58.6. The molecule has 4 N–H and O–H groups in total. The first kappa shape index (κ1) is 117. The molecule has 26 atom stereocenters. The second-order valence-electron chi connectivity index (χ2n) is 41.2. The fourth-order valence-corrected chi connectivity index (χ4v) is 34.1. The maximum Gasteiger partial charge on any atom is 0.509 e. The molecule has 6 fully saturated rings. The van der Waals surface area contributed by atoms with Gasteiger partial charge in [-0.25, -0.2) is 22.7 Å². The number of carbonyl (C=O) groups excluding carboxylic acids is 7. The quantitative estimate of drug-likeness (QED) is 0.0160. The first-order chi connectivity index (χ1) is 68.6. The van der Waals surface area contributed by atoms with Crippen molar-refractivity contribution >= 4 is 76.9 Å². The summed E-state index contributed by atoms with van der Waals surface area (Å²) in [7, 11) is -12.0. The van der Waals surface area contributed by atoms with Crippen LogP contribution >= 0.6 is 0 Å². The average molecular weight is 2110 g/mol. The molecule has 6 aliphatic heterocycles. The third-order valence-corrected chi connectivity index (χ3v) is 46.3. The molecule has 6 aliphatic rings. The van der Waals surface area contributed by atoms with Crippen LogP contribution in [0.15, 0.2) is 157 Å². The van der Waals surface area contributed by atoms with Crippen LogP contribution in [-0.2, 0) is 178 Å². The number of amides is 1. The Bertz CT molecular complexity index is 5010. The number of hydrogen-bond donors (Lipinski definition) is 4. The summed E-state index contributed by atoms with van der Waals surface area (Å²) in [6.07, 6.45) is -43.2. The maximum atomic E-state index is 16.6. The van der Waals surface area contributed by atoms with E-state index in [1.807, 2.05) is 82.4 Å². The van der Waals surface area contributed by atoms with Gasteiger partial charge in [0.25, 0.3) is 5.79 Å². The molecular formula is C104H152N2O35SSi3. The number of aliphatic hydroxyl groups excluding tert-OH is 2. The van der Waals surface area contributed by atoms with E-state index in [-0.39, 0.29) is 71.2 Å². The maximum absolute atomic E-state index is 16.6. The monoisotopic (exact) mass is 2100 g/mol. The summed E-state index contributed by atoms with van der Waals surface area (Å²) in [4.78, 5) is 99.6. The van der Waals surface area contributed by atoms with Gasteiger partial charge in [0.2, 0.25) is 15.9 Å². The van der Waals surface area contributed by atoms with Gasteiger partial charge in [0, 0.05) is 41.7 Å². The molecule has 5 aromatic carbocycles. The van der Waals surface area contributed by atoms with Crippen molar-refractivity contribution in [2.75, 3.05) is 47.3 Å². The molecule has 806 valence electrons. The number of hydrogen-bond acceptors (Lipinski definition) is 35. The summed E-state index contributed by atoms with van der Waals surface area (Å²) in [6.45, 7) is 36.7. The van der Waals surface area contributed by atoms with Crippen LogP contribution in [-0.4, -0.2) is 292 Å². The Morgan fingerprint density at radius 1 is 0.483 bits per heavy atom. The highest BCUT2D eigenvalue weighted by atomic mass is 32.2. The van der Waals surface area contributed by atoms with Gasteiger partial charge in [-0.3, -0.25) is 24.0 Å². The molecule has 145 heavy (non-hydrogen) atoms. The van der Waals surface area contributed by atoms with E-state index in [9.17, 15) is 39.0 Å². The fourth-order valence-electron chi connectivity index (χ4n) is 20.7. The smallest absolute Gasteiger partial charge is 0.465 e. The van der Waals surface area contributed by atoms with Crippen molar-refractivity contribution in [1.29, 1.82) is 0 Å². The number of sulfonamides is 1. The Morgan fingerprint density at radius 3 is 1.38 bits per heavy atom. The highest BCUT2D eigenvalue weighted by molar-refractivity contribution is 7.89. The van der Waals surface area contributed by atoms with Crippen LogP contribution in [0.3, 0.4) is 0 Å².